The number of nitrogens with two attached hydrogens (primary N) is 1. The van der Waals surface area contributed by atoms with Crippen molar-refractivity contribution in [2.24, 2.45) is 11.7 Å². The Labute approximate surface area is 83.7 Å². The van der Waals surface area contributed by atoms with Gasteiger partial charge in [0.25, 0.3) is 0 Å². The second-order valence-electron chi connectivity index (χ2n) is 4.21. The first-order chi connectivity index (χ1) is 6.72. The molecule has 0 aromatic rings. The minimum atomic E-state index is -0.706. The molecule has 2 rings (SSSR count). The fraction of sp³-hybridized carbons (Fsp3) is 0.900. The number of Topliss-reactive ketones (excluding diaryl/α,β-unsaturated/α-hetero) is 1. The Morgan fingerprint density at radius 3 is 2.50 bits per heavy atom. The van der Waals surface area contributed by atoms with Crippen LogP contribution in [0.15, 0.2) is 0 Å². The Morgan fingerprint density at radius 1 is 1.21 bits per heavy atom. The number of ketones is 1. The molecule has 4 nitrogen and oxygen atoms in total. The topological polar surface area (TPSA) is 61.6 Å². The van der Waals surface area contributed by atoms with Gasteiger partial charge < -0.3 is 15.2 Å². The van der Waals surface area contributed by atoms with Gasteiger partial charge in [-0.15, -0.1) is 0 Å². The van der Waals surface area contributed by atoms with Crippen molar-refractivity contribution in [1.82, 2.24) is 0 Å². The highest BCUT2D eigenvalue weighted by Gasteiger charge is 2.41. The van der Waals surface area contributed by atoms with Crippen molar-refractivity contribution in [2.75, 3.05) is 26.4 Å². The molecule has 0 aromatic carbocycles. The normalized spacial score (nSPS) is 34.6. The van der Waals surface area contributed by atoms with Crippen LogP contribution in [0.4, 0.5) is 0 Å². The van der Waals surface area contributed by atoms with Gasteiger partial charge in [0.05, 0.1) is 6.61 Å². The maximum Gasteiger partial charge on any atom is 0.158 e. The van der Waals surface area contributed by atoms with E-state index in [-0.39, 0.29) is 11.7 Å². The third-order valence-electron chi connectivity index (χ3n) is 3.13. The largest absolute Gasteiger partial charge is 0.381 e. The van der Waals surface area contributed by atoms with Crippen molar-refractivity contribution >= 4 is 5.78 Å². The van der Waals surface area contributed by atoms with Crippen LogP contribution in [0.3, 0.4) is 0 Å². The zero-order valence-electron chi connectivity index (χ0n) is 8.33. The molecule has 80 valence electrons. The highest BCUT2D eigenvalue weighted by molar-refractivity contribution is 5.90. The Balaban J connectivity index is 1.98. The molecule has 4 heteroatoms. The van der Waals surface area contributed by atoms with E-state index in [1.54, 1.807) is 0 Å². The van der Waals surface area contributed by atoms with E-state index in [2.05, 4.69) is 0 Å². The molecule has 0 aromatic heterocycles. The van der Waals surface area contributed by atoms with Gasteiger partial charge in [-0.1, -0.05) is 0 Å². The molecule has 0 amide bonds. The van der Waals surface area contributed by atoms with Gasteiger partial charge in [-0.2, -0.15) is 0 Å². The summed E-state index contributed by atoms with van der Waals surface area (Å²) in [6.07, 6.45) is 2.30. The maximum absolute atomic E-state index is 12.1. The first-order valence-corrected chi connectivity index (χ1v) is 5.21. The Bertz CT molecular complexity index is 217. The van der Waals surface area contributed by atoms with Gasteiger partial charge >= 0.3 is 0 Å². The lowest BCUT2D eigenvalue weighted by atomic mass is 9.82. The van der Waals surface area contributed by atoms with E-state index in [0.717, 1.165) is 12.8 Å². The van der Waals surface area contributed by atoms with Crippen LogP contribution >= 0.6 is 0 Å². The number of ether oxygens (including phenoxy) is 2. The summed E-state index contributed by atoms with van der Waals surface area (Å²) in [5.41, 5.74) is 5.31. The summed E-state index contributed by atoms with van der Waals surface area (Å²) in [7, 11) is 0. The minimum absolute atomic E-state index is 0.0930. The SMILES string of the molecule is NC1(C(=O)C2CCOCC2)CCOC1. The Kier molecular flexibility index (Phi) is 2.85. The van der Waals surface area contributed by atoms with Crippen LogP contribution < -0.4 is 5.73 Å². The zero-order valence-corrected chi connectivity index (χ0v) is 8.33. The summed E-state index contributed by atoms with van der Waals surface area (Å²) in [5, 5.41) is 0. The number of carbonyl (C=O) groups is 1. The number of hydrogen-bond acceptors (Lipinski definition) is 4. The number of carbonyl (C=O) groups excluding carboxylic acids is 1. The smallest absolute Gasteiger partial charge is 0.158 e. The van der Waals surface area contributed by atoms with Crippen molar-refractivity contribution in [3.05, 3.63) is 0 Å². The summed E-state index contributed by atoms with van der Waals surface area (Å²) in [6, 6.07) is 0. The van der Waals surface area contributed by atoms with Crippen molar-refractivity contribution in [2.45, 2.75) is 24.8 Å². The van der Waals surface area contributed by atoms with Crippen LogP contribution in [-0.2, 0) is 14.3 Å². The lowest BCUT2D eigenvalue weighted by Crippen LogP contribution is -2.52. The van der Waals surface area contributed by atoms with Crippen molar-refractivity contribution in [3.63, 3.8) is 0 Å². The molecule has 2 aliphatic rings. The molecule has 0 bridgehead atoms. The van der Waals surface area contributed by atoms with E-state index in [4.69, 9.17) is 15.2 Å². The van der Waals surface area contributed by atoms with E-state index < -0.39 is 5.54 Å². The predicted octanol–water partition coefficient (Wildman–Crippen LogP) is 0.0999. The summed E-state index contributed by atoms with van der Waals surface area (Å²) in [5.74, 6) is 0.272. The van der Waals surface area contributed by atoms with Crippen LogP contribution in [0.1, 0.15) is 19.3 Å². The average Bonchev–Trinajstić information content (AvgIpc) is 2.67. The highest BCUT2D eigenvalue weighted by Crippen LogP contribution is 2.25. The molecule has 14 heavy (non-hydrogen) atoms. The molecule has 2 N–H and O–H groups in total. The number of rotatable bonds is 2. The van der Waals surface area contributed by atoms with Gasteiger partial charge in [-0.25, -0.2) is 0 Å². The summed E-state index contributed by atoms with van der Waals surface area (Å²) >= 11 is 0. The van der Waals surface area contributed by atoms with E-state index in [1.165, 1.54) is 0 Å². The first kappa shape index (κ1) is 10.1. The summed E-state index contributed by atoms with van der Waals surface area (Å²) in [6.45, 7) is 2.38. The lowest BCUT2D eigenvalue weighted by molar-refractivity contribution is -0.131. The number of hydrogen-bond donors (Lipinski definition) is 1. The summed E-state index contributed by atoms with van der Waals surface area (Å²) < 4.78 is 10.4. The molecular formula is C10H17NO3. The Morgan fingerprint density at radius 2 is 1.93 bits per heavy atom. The van der Waals surface area contributed by atoms with Gasteiger partial charge in [-0.3, -0.25) is 4.79 Å². The van der Waals surface area contributed by atoms with E-state index in [1.807, 2.05) is 0 Å². The van der Waals surface area contributed by atoms with Crippen LogP contribution in [0.2, 0.25) is 0 Å². The Hall–Kier alpha value is -0.450. The van der Waals surface area contributed by atoms with Crippen molar-refractivity contribution in [3.8, 4) is 0 Å². The van der Waals surface area contributed by atoms with Gasteiger partial charge in [-0.05, 0) is 19.3 Å². The van der Waals surface area contributed by atoms with Gasteiger partial charge in [0, 0.05) is 25.7 Å². The van der Waals surface area contributed by atoms with Crippen molar-refractivity contribution in [1.29, 1.82) is 0 Å². The fourth-order valence-electron chi connectivity index (χ4n) is 2.14. The molecule has 0 saturated carbocycles. The van der Waals surface area contributed by atoms with Gasteiger partial charge in [0.2, 0.25) is 0 Å². The predicted molar refractivity (Wildman–Crippen MR) is 50.9 cm³/mol. The third-order valence-corrected chi connectivity index (χ3v) is 3.13. The molecule has 2 aliphatic heterocycles. The second kappa shape index (κ2) is 3.96. The lowest BCUT2D eigenvalue weighted by Gasteiger charge is -2.28. The van der Waals surface area contributed by atoms with E-state index >= 15 is 0 Å². The van der Waals surface area contributed by atoms with E-state index in [0.29, 0.717) is 32.8 Å². The van der Waals surface area contributed by atoms with E-state index in [9.17, 15) is 4.79 Å². The summed E-state index contributed by atoms with van der Waals surface area (Å²) in [4.78, 5) is 12.1. The monoisotopic (exact) mass is 199 g/mol. The van der Waals surface area contributed by atoms with Crippen LogP contribution in [-0.4, -0.2) is 37.7 Å². The first-order valence-electron chi connectivity index (χ1n) is 5.21. The van der Waals surface area contributed by atoms with Crippen molar-refractivity contribution < 1.29 is 14.3 Å². The highest BCUT2D eigenvalue weighted by atomic mass is 16.5. The molecule has 2 saturated heterocycles. The molecule has 0 aliphatic carbocycles. The zero-order chi connectivity index (χ0) is 10.0. The molecule has 0 spiro atoms. The quantitative estimate of drug-likeness (QED) is 0.685. The van der Waals surface area contributed by atoms with Gasteiger partial charge in [0.15, 0.2) is 5.78 Å². The molecular weight excluding hydrogens is 182 g/mol. The molecule has 2 fully saturated rings. The van der Waals surface area contributed by atoms with Crippen LogP contribution in [0.5, 0.6) is 0 Å². The standard InChI is InChI=1S/C10H17NO3/c11-10(3-6-14-7-10)9(12)8-1-4-13-5-2-8/h8H,1-7,11H2. The van der Waals surface area contributed by atoms with Crippen LogP contribution in [0, 0.1) is 5.92 Å². The molecule has 2 heterocycles. The molecule has 0 radical (unpaired) electrons. The maximum atomic E-state index is 12.1. The minimum Gasteiger partial charge on any atom is -0.381 e. The average molecular weight is 199 g/mol. The van der Waals surface area contributed by atoms with Crippen LogP contribution in [0.25, 0.3) is 0 Å². The fourth-order valence-corrected chi connectivity index (χ4v) is 2.14. The van der Waals surface area contributed by atoms with Gasteiger partial charge in [0.1, 0.15) is 5.54 Å². The second-order valence-corrected chi connectivity index (χ2v) is 4.21. The molecule has 1 unspecified atom stereocenters. The molecule has 1 atom stereocenters. The third kappa shape index (κ3) is 1.82.